The molecule has 0 bridgehead atoms. The average Bonchev–Trinajstić information content (AvgIpc) is 2.71. The number of carbonyl (C=O) groups is 1. The van der Waals surface area contributed by atoms with Crippen molar-refractivity contribution >= 4 is 21.4 Å². The molecule has 2 aromatic rings. The Hall–Kier alpha value is -2.54. The van der Waals surface area contributed by atoms with E-state index in [0.29, 0.717) is 29.9 Å². The number of amides is 1. The van der Waals surface area contributed by atoms with Crippen LogP contribution in [0.25, 0.3) is 0 Å². The Morgan fingerprint density at radius 3 is 2.13 bits per heavy atom. The summed E-state index contributed by atoms with van der Waals surface area (Å²) >= 11 is 0. The summed E-state index contributed by atoms with van der Waals surface area (Å²) in [6.07, 6.45) is 0. The van der Waals surface area contributed by atoms with Crippen molar-refractivity contribution in [2.45, 2.75) is 50.5 Å². The minimum absolute atomic E-state index is 0.00818. The van der Waals surface area contributed by atoms with Crippen molar-refractivity contribution in [3.8, 4) is 5.75 Å². The summed E-state index contributed by atoms with van der Waals surface area (Å²) in [5.74, 6) is 1.06. The van der Waals surface area contributed by atoms with Crippen LogP contribution in [0.5, 0.6) is 5.75 Å². The van der Waals surface area contributed by atoms with E-state index < -0.39 is 9.84 Å². The lowest BCUT2D eigenvalue weighted by molar-refractivity contribution is -0.120. The number of carbonyl (C=O) groups excluding carboxylic acids is 1. The van der Waals surface area contributed by atoms with Gasteiger partial charge in [0.15, 0.2) is 0 Å². The van der Waals surface area contributed by atoms with E-state index in [1.54, 1.807) is 30.3 Å². The topological polar surface area (TPSA) is 84.5 Å². The summed E-state index contributed by atoms with van der Waals surface area (Å²) in [6.45, 7) is 10.6. The molecule has 164 valence electrons. The molecule has 2 aromatic carbocycles. The zero-order chi connectivity index (χ0) is 22.3. The minimum atomic E-state index is -3.75. The SMILES string of the molecule is CCOc1ccc(S(=O)(=O)c2ccccc2NCC(=O)NC(C(C)C)C(C)C)cc1. The van der Waals surface area contributed by atoms with Gasteiger partial charge >= 0.3 is 0 Å². The molecule has 0 aliphatic heterocycles. The van der Waals surface area contributed by atoms with Gasteiger partial charge in [-0.05, 0) is 55.2 Å². The molecule has 0 saturated heterocycles. The van der Waals surface area contributed by atoms with Crippen LogP contribution in [-0.2, 0) is 14.6 Å². The number of benzene rings is 2. The Morgan fingerprint density at radius 2 is 1.57 bits per heavy atom. The largest absolute Gasteiger partial charge is 0.494 e. The van der Waals surface area contributed by atoms with Crippen molar-refractivity contribution < 1.29 is 17.9 Å². The molecule has 0 atom stereocenters. The summed E-state index contributed by atoms with van der Waals surface area (Å²) in [7, 11) is -3.75. The summed E-state index contributed by atoms with van der Waals surface area (Å²) < 4.78 is 31.7. The predicted molar refractivity (Wildman–Crippen MR) is 120 cm³/mol. The Bertz CT molecular complexity index is 930. The van der Waals surface area contributed by atoms with Crippen molar-refractivity contribution in [3.63, 3.8) is 0 Å². The van der Waals surface area contributed by atoms with Crippen LogP contribution in [0.2, 0.25) is 0 Å². The molecule has 1 amide bonds. The number of rotatable bonds is 10. The van der Waals surface area contributed by atoms with Gasteiger partial charge in [-0.2, -0.15) is 0 Å². The fraction of sp³-hybridized carbons (Fsp3) is 0.435. The first-order chi connectivity index (χ1) is 14.2. The molecule has 2 N–H and O–H groups in total. The maximum atomic E-state index is 13.1. The molecular weight excluding hydrogens is 400 g/mol. The van der Waals surface area contributed by atoms with E-state index in [1.165, 1.54) is 18.2 Å². The molecule has 0 saturated carbocycles. The van der Waals surface area contributed by atoms with E-state index in [9.17, 15) is 13.2 Å². The lowest BCUT2D eigenvalue weighted by Crippen LogP contribution is -2.44. The van der Waals surface area contributed by atoms with Gasteiger partial charge in [-0.1, -0.05) is 39.8 Å². The van der Waals surface area contributed by atoms with Crippen molar-refractivity contribution in [2.24, 2.45) is 11.8 Å². The molecule has 0 aromatic heterocycles. The molecule has 0 fully saturated rings. The lowest BCUT2D eigenvalue weighted by Gasteiger charge is -2.26. The smallest absolute Gasteiger partial charge is 0.239 e. The zero-order valence-corrected chi connectivity index (χ0v) is 19.1. The van der Waals surface area contributed by atoms with Crippen molar-refractivity contribution in [1.29, 1.82) is 0 Å². The van der Waals surface area contributed by atoms with Crippen molar-refractivity contribution in [3.05, 3.63) is 48.5 Å². The van der Waals surface area contributed by atoms with Crippen LogP contribution < -0.4 is 15.4 Å². The Labute approximate surface area is 180 Å². The normalized spacial score (nSPS) is 11.7. The van der Waals surface area contributed by atoms with Crippen molar-refractivity contribution in [2.75, 3.05) is 18.5 Å². The number of ether oxygens (including phenoxy) is 1. The third-order valence-electron chi connectivity index (χ3n) is 4.83. The van der Waals surface area contributed by atoms with Crippen LogP contribution in [0, 0.1) is 11.8 Å². The first kappa shape index (κ1) is 23.7. The van der Waals surface area contributed by atoms with E-state index in [1.807, 2.05) is 6.92 Å². The molecule has 0 aliphatic carbocycles. The predicted octanol–water partition coefficient (Wildman–Crippen LogP) is 4.13. The zero-order valence-electron chi connectivity index (χ0n) is 18.3. The third-order valence-corrected chi connectivity index (χ3v) is 6.65. The fourth-order valence-electron chi connectivity index (χ4n) is 3.37. The molecule has 0 unspecified atom stereocenters. The second-order valence-corrected chi connectivity index (χ2v) is 9.76. The highest BCUT2D eigenvalue weighted by Crippen LogP contribution is 2.28. The molecule has 6 nitrogen and oxygen atoms in total. The summed E-state index contributed by atoms with van der Waals surface area (Å²) in [4.78, 5) is 12.7. The quantitative estimate of drug-likeness (QED) is 0.590. The molecule has 2 rings (SSSR count). The standard InChI is InChI=1S/C23H32N2O4S/c1-6-29-18-11-13-19(14-12-18)30(27,28)21-10-8-7-9-20(21)24-15-22(26)25-23(16(2)3)17(4)5/h7-14,16-17,23-24H,6,15H2,1-5H3,(H,25,26). The maximum absolute atomic E-state index is 13.1. The Morgan fingerprint density at radius 1 is 0.967 bits per heavy atom. The highest BCUT2D eigenvalue weighted by molar-refractivity contribution is 7.91. The first-order valence-corrected chi connectivity index (χ1v) is 11.7. The number of nitrogens with one attached hydrogen (secondary N) is 2. The number of hydrogen-bond acceptors (Lipinski definition) is 5. The van der Waals surface area contributed by atoms with Crippen LogP contribution in [-0.4, -0.2) is 33.5 Å². The highest BCUT2D eigenvalue weighted by Gasteiger charge is 2.23. The second-order valence-electron chi connectivity index (χ2n) is 7.84. The van der Waals surface area contributed by atoms with Gasteiger partial charge in [0, 0.05) is 6.04 Å². The van der Waals surface area contributed by atoms with Gasteiger partial charge in [0.05, 0.1) is 28.6 Å². The average molecular weight is 433 g/mol. The van der Waals surface area contributed by atoms with Gasteiger partial charge in [0.25, 0.3) is 0 Å². The van der Waals surface area contributed by atoms with Crippen LogP contribution in [0.1, 0.15) is 34.6 Å². The summed E-state index contributed by atoms with van der Waals surface area (Å²) in [5, 5.41) is 6.02. The number of anilines is 1. The number of para-hydroxylation sites is 1. The van der Waals surface area contributed by atoms with Crippen LogP contribution >= 0.6 is 0 Å². The van der Waals surface area contributed by atoms with Gasteiger partial charge in [-0.25, -0.2) is 8.42 Å². The van der Waals surface area contributed by atoms with Gasteiger partial charge in [0.2, 0.25) is 15.7 Å². The van der Waals surface area contributed by atoms with Gasteiger partial charge in [0.1, 0.15) is 5.75 Å². The van der Waals surface area contributed by atoms with Crippen molar-refractivity contribution in [1.82, 2.24) is 5.32 Å². The monoisotopic (exact) mass is 432 g/mol. The van der Waals surface area contributed by atoms with E-state index in [0.717, 1.165) is 0 Å². The Balaban J connectivity index is 2.18. The first-order valence-electron chi connectivity index (χ1n) is 10.3. The molecule has 7 heteroatoms. The molecular formula is C23H32N2O4S. The molecule has 30 heavy (non-hydrogen) atoms. The number of hydrogen-bond donors (Lipinski definition) is 2. The van der Waals surface area contributed by atoms with E-state index in [4.69, 9.17) is 4.74 Å². The van der Waals surface area contributed by atoms with Gasteiger partial charge in [-0.15, -0.1) is 0 Å². The minimum Gasteiger partial charge on any atom is -0.494 e. The molecule has 0 radical (unpaired) electrons. The fourth-order valence-corrected chi connectivity index (χ4v) is 4.81. The van der Waals surface area contributed by atoms with E-state index >= 15 is 0 Å². The molecule has 0 heterocycles. The highest BCUT2D eigenvalue weighted by atomic mass is 32.2. The second kappa shape index (κ2) is 10.5. The summed E-state index contributed by atoms with van der Waals surface area (Å²) in [6, 6.07) is 13.0. The lowest BCUT2D eigenvalue weighted by atomic mass is 9.93. The van der Waals surface area contributed by atoms with E-state index in [2.05, 4.69) is 38.3 Å². The number of sulfone groups is 1. The van der Waals surface area contributed by atoms with Crippen LogP contribution in [0.3, 0.4) is 0 Å². The van der Waals surface area contributed by atoms with Crippen LogP contribution in [0.4, 0.5) is 5.69 Å². The van der Waals surface area contributed by atoms with Gasteiger partial charge < -0.3 is 15.4 Å². The van der Waals surface area contributed by atoms with Gasteiger partial charge in [-0.3, -0.25) is 4.79 Å². The van der Waals surface area contributed by atoms with Crippen LogP contribution in [0.15, 0.2) is 58.3 Å². The van der Waals surface area contributed by atoms with E-state index in [-0.39, 0.29) is 28.3 Å². The summed E-state index contributed by atoms with van der Waals surface area (Å²) in [5.41, 5.74) is 0.396. The molecule has 0 spiro atoms. The molecule has 0 aliphatic rings. The Kier molecular flexibility index (Phi) is 8.29. The third kappa shape index (κ3) is 5.98. The maximum Gasteiger partial charge on any atom is 0.239 e.